The maximum atomic E-state index is 5.90. The molecular formula is C20H23IN4OSi. The first-order valence-corrected chi connectivity index (χ1v) is 13.9. The lowest BCUT2D eigenvalue weighted by Gasteiger charge is -2.15. The molecule has 3 aromatic heterocycles. The molecule has 3 heterocycles. The van der Waals surface area contributed by atoms with Crippen LogP contribution in [0.3, 0.4) is 0 Å². The van der Waals surface area contributed by atoms with Gasteiger partial charge in [-0.2, -0.15) is 5.10 Å². The molecule has 0 radical (unpaired) electrons. The molecule has 0 fully saturated rings. The highest BCUT2D eigenvalue weighted by Gasteiger charge is 2.13. The summed E-state index contributed by atoms with van der Waals surface area (Å²) in [5.74, 6) is 0. The van der Waals surface area contributed by atoms with Gasteiger partial charge in [-0.15, -0.1) is 0 Å². The molecule has 0 N–H and O–H groups in total. The summed E-state index contributed by atoms with van der Waals surface area (Å²) in [6.45, 7) is 8.43. The predicted octanol–water partition coefficient (Wildman–Crippen LogP) is 5.29. The fraction of sp³-hybridized carbons (Fsp3) is 0.300. The molecule has 4 aromatic rings. The molecule has 0 saturated heterocycles. The Morgan fingerprint density at radius 1 is 1.15 bits per heavy atom. The van der Waals surface area contributed by atoms with Crippen LogP contribution in [0.2, 0.25) is 25.7 Å². The number of hydrogen-bond acceptors (Lipinski definition) is 3. The molecule has 140 valence electrons. The molecule has 27 heavy (non-hydrogen) atoms. The van der Waals surface area contributed by atoms with Crippen molar-refractivity contribution in [1.82, 2.24) is 19.3 Å². The Kier molecular flexibility index (Phi) is 5.08. The van der Waals surface area contributed by atoms with Gasteiger partial charge in [0.25, 0.3) is 0 Å². The van der Waals surface area contributed by atoms with Gasteiger partial charge in [0.15, 0.2) is 0 Å². The molecule has 0 aliphatic heterocycles. The maximum absolute atomic E-state index is 5.90. The lowest BCUT2D eigenvalue weighted by atomic mass is 10.2. The van der Waals surface area contributed by atoms with Crippen LogP contribution >= 0.6 is 22.6 Å². The second-order valence-corrected chi connectivity index (χ2v) is 14.8. The molecule has 0 aliphatic rings. The quantitative estimate of drug-likeness (QED) is 0.210. The zero-order chi connectivity index (χ0) is 19.0. The minimum atomic E-state index is -1.07. The Morgan fingerprint density at radius 2 is 2.00 bits per heavy atom. The van der Waals surface area contributed by atoms with Crippen LogP contribution in [0.5, 0.6) is 0 Å². The predicted molar refractivity (Wildman–Crippen MR) is 121 cm³/mol. The van der Waals surface area contributed by atoms with Crippen LogP contribution in [0.15, 0.2) is 48.9 Å². The third-order valence-electron chi connectivity index (χ3n) is 4.58. The molecule has 4 rings (SSSR count). The minimum Gasteiger partial charge on any atom is -0.361 e. The molecule has 0 bridgehead atoms. The molecular weight excluding hydrogens is 467 g/mol. The summed E-state index contributed by atoms with van der Waals surface area (Å²) in [6.07, 6.45) is 5.95. The maximum Gasteiger partial charge on any atom is 0.143 e. The van der Waals surface area contributed by atoms with Crippen molar-refractivity contribution in [2.75, 3.05) is 6.61 Å². The number of rotatable bonds is 6. The van der Waals surface area contributed by atoms with Gasteiger partial charge in [0.05, 0.1) is 11.2 Å². The first-order chi connectivity index (χ1) is 12.9. The van der Waals surface area contributed by atoms with Gasteiger partial charge in [-0.1, -0.05) is 25.7 Å². The van der Waals surface area contributed by atoms with Crippen molar-refractivity contribution < 1.29 is 4.74 Å². The van der Waals surface area contributed by atoms with E-state index < -0.39 is 8.07 Å². The van der Waals surface area contributed by atoms with Crippen molar-refractivity contribution in [2.45, 2.75) is 32.4 Å². The van der Waals surface area contributed by atoms with Crippen LogP contribution in [0.1, 0.15) is 0 Å². The van der Waals surface area contributed by atoms with Crippen LogP contribution in [0, 0.1) is 3.57 Å². The van der Waals surface area contributed by atoms with E-state index >= 15 is 0 Å². The Labute approximate surface area is 173 Å². The number of pyridine rings is 1. The highest BCUT2D eigenvalue weighted by Crippen LogP contribution is 2.24. The molecule has 0 unspecified atom stereocenters. The van der Waals surface area contributed by atoms with E-state index in [2.05, 4.69) is 82.2 Å². The number of hydrogen-bond donors (Lipinski definition) is 0. The number of ether oxygens (including phenoxy) is 1. The van der Waals surface area contributed by atoms with Crippen molar-refractivity contribution in [3.05, 3.63) is 52.5 Å². The van der Waals surface area contributed by atoms with E-state index in [1.54, 1.807) is 0 Å². The third kappa shape index (κ3) is 4.09. The highest BCUT2D eigenvalue weighted by atomic mass is 127. The van der Waals surface area contributed by atoms with E-state index in [1.165, 1.54) is 9.61 Å². The number of aromatic nitrogens is 4. The van der Waals surface area contributed by atoms with Gasteiger partial charge < -0.3 is 9.30 Å². The monoisotopic (exact) mass is 490 g/mol. The van der Waals surface area contributed by atoms with E-state index in [0.29, 0.717) is 6.73 Å². The van der Waals surface area contributed by atoms with Gasteiger partial charge >= 0.3 is 0 Å². The number of halogens is 1. The fourth-order valence-electron chi connectivity index (χ4n) is 3.03. The van der Waals surface area contributed by atoms with Crippen molar-refractivity contribution in [2.24, 2.45) is 0 Å². The summed E-state index contributed by atoms with van der Waals surface area (Å²) in [6, 6.07) is 11.6. The lowest BCUT2D eigenvalue weighted by Crippen LogP contribution is -2.22. The molecule has 7 heteroatoms. The summed E-state index contributed by atoms with van der Waals surface area (Å²) in [7, 11) is -1.07. The summed E-state index contributed by atoms with van der Waals surface area (Å²) >= 11 is 2.32. The van der Waals surface area contributed by atoms with E-state index in [1.807, 2.05) is 23.1 Å². The fourth-order valence-corrected chi connectivity index (χ4v) is 4.27. The van der Waals surface area contributed by atoms with E-state index in [4.69, 9.17) is 9.84 Å². The zero-order valence-electron chi connectivity index (χ0n) is 15.8. The van der Waals surface area contributed by atoms with Crippen molar-refractivity contribution in [3.8, 4) is 5.69 Å². The highest BCUT2D eigenvalue weighted by molar-refractivity contribution is 14.1. The topological polar surface area (TPSA) is 44.9 Å². The van der Waals surface area contributed by atoms with Gasteiger partial charge in [-0.3, -0.25) is 0 Å². The molecule has 0 amide bonds. The molecule has 0 saturated carbocycles. The summed E-state index contributed by atoms with van der Waals surface area (Å²) in [4.78, 5) is 4.57. The van der Waals surface area contributed by atoms with Gasteiger partial charge in [0.2, 0.25) is 0 Å². The smallest absolute Gasteiger partial charge is 0.143 e. The second-order valence-electron chi connectivity index (χ2n) is 7.98. The van der Waals surface area contributed by atoms with Gasteiger partial charge in [-0.25, -0.2) is 9.67 Å². The van der Waals surface area contributed by atoms with Crippen molar-refractivity contribution in [1.29, 1.82) is 0 Å². The third-order valence-corrected chi connectivity index (χ3v) is 6.96. The van der Waals surface area contributed by atoms with Crippen LogP contribution in [-0.4, -0.2) is 34.0 Å². The standard InChI is InChI=1S/C20H23IN4OSi/c1-27(2,3)11-10-26-14-24-9-7-17-19(6-8-22-20(17)24)25-13-15-4-5-16(21)12-18(15)23-25/h4-9,12-13H,10-11,14H2,1-3H3. The number of nitrogens with zero attached hydrogens (tertiary/aromatic N) is 4. The molecule has 1 aromatic carbocycles. The largest absolute Gasteiger partial charge is 0.361 e. The summed E-state index contributed by atoms with van der Waals surface area (Å²) < 4.78 is 11.1. The average molecular weight is 490 g/mol. The molecule has 0 atom stereocenters. The zero-order valence-corrected chi connectivity index (χ0v) is 19.0. The van der Waals surface area contributed by atoms with E-state index in [-0.39, 0.29) is 0 Å². The Morgan fingerprint density at radius 3 is 2.81 bits per heavy atom. The summed E-state index contributed by atoms with van der Waals surface area (Å²) in [5, 5.41) is 6.97. The summed E-state index contributed by atoms with van der Waals surface area (Å²) in [5.41, 5.74) is 2.96. The Balaban J connectivity index is 1.62. The van der Waals surface area contributed by atoms with E-state index in [9.17, 15) is 0 Å². The second kappa shape index (κ2) is 7.37. The van der Waals surface area contributed by atoms with Crippen molar-refractivity contribution >= 4 is 52.6 Å². The molecule has 0 aliphatic carbocycles. The average Bonchev–Trinajstić information content (AvgIpc) is 3.21. The lowest BCUT2D eigenvalue weighted by molar-refractivity contribution is 0.0899. The Bertz CT molecular complexity index is 1100. The Hall–Kier alpha value is -1.71. The van der Waals surface area contributed by atoms with Crippen LogP contribution in [0.25, 0.3) is 27.6 Å². The normalized spacial score (nSPS) is 12.3. The molecule has 5 nitrogen and oxygen atoms in total. The van der Waals surface area contributed by atoms with E-state index in [0.717, 1.165) is 34.2 Å². The van der Waals surface area contributed by atoms with Crippen LogP contribution in [0.4, 0.5) is 0 Å². The first kappa shape index (κ1) is 18.6. The van der Waals surface area contributed by atoms with Gasteiger partial charge in [-0.05, 0) is 52.9 Å². The SMILES string of the molecule is C[Si](C)(C)CCOCn1ccc2c(-n3cc4ccc(I)cc4n3)ccnc21. The van der Waals surface area contributed by atoms with Gasteiger partial charge in [0.1, 0.15) is 12.4 Å². The number of benzene rings is 1. The van der Waals surface area contributed by atoms with Crippen LogP contribution in [-0.2, 0) is 11.5 Å². The first-order valence-electron chi connectivity index (χ1n) is 9.08. The van der Waals surface area contributed by atoms with Gasteiger partial charge in [0, 0.05) is 47.6 Å². The van der Waals surface area contributed by atoms with Crippen molar-refractivity contribution in [3.63, 3.8) is 0 Å². The number of fused-ring (bicyclic) bond motifs is 2. The van der Waals surface area contributed by atoms with Crippen LogP contribution < -0.4 is 0 Å². The molecule has 0 spiro atoms. The minimum absolute atomic E-state index is 0.531.